The first-order valence-corrected chi connectivity index (χ1v) is 4.07. The Bertz CT molecular complexity index is 291. The number of nitrogens with zero attached hydrogens (tertiary/aromatic N) is 2. The van der Waals surface area contributed by atoms with E-state index in [1.54, 1.807) is 0 Å². The van der Waals surface area contributed by atoms with Gasteiger partial charge in [-0.05, 0) is 0 Å². The van der Waals surface area contributed by atoms with E-state index in [1.807, 2.05) is 20.8 Å². The molecule has 2 N–H and O–H groups in total. The molecule has 0 aromatic carbocycles. The molecular formula is C8H12ClN3. The lowest BCUT2D eigenvalue weighted by molar-refractivity contribution is 0.568. The monoisotopic (exact) mass is 185 g/mol. The SMILES string of the molecule is CC(C)(C)c1nc(N)ncc1Cl. The number of aromatic nitrogens is 2. The topological polar surface area (TPSA) is 51.8 Å². The molecule has 0 fully saturated rings. The van der Waals surface area contributed by atoms with Gasteiger partial charge in [0.05, 0.1) is 16.9 Å². The molecule has 0 saturated heterocycles. The van der Waals surface area contributed by atoms with Gasteiger partial charge in [-0.25, -0.2) is 9.97 Å². The second-order valence-corrected chi connectivity index (χ2v) is 4.08. The van der Waals surface area contributed by atoms with Gasteiger partial charge in [0.1, 0.15) is 0 Å². The number of halogens is 1. The van der Waals surface area contributed by atoms with Crippen molar-refractivity contribution in [2.45, 2.75) is 26.2 Å². The molecule has 0 unspecified atom stereocenters. The van der Waals surface area contributed by atoms with Crippen LogP contribution in [-0.2, 0) is 5.41 Å². The molecule has 1 heterocycles. The molecule has 0 aliphatic heterocycles. The fraction of sp³-hybridized carbons (Fsp3) is 0.500. The molecule has 0 radical (unpaired) electrons. The molecule has 0 bridgehead atoms. The maximum Gasteiger partial charge on any atom is 0.220 e. The highest BCUT2D eigenvalue weighted by molar-refractivity contribution is 6.31. The zero-order valence-corrected chi connectivity index (χ0v) is 8.18. The van der Waals surface area contributed by atoms with Gasteiger partial charge in [0, 0.05) is 5.41 Å². The number of anilines is 1. The van der Waals surface area contributed by atoms with Crippen LogP contribution >= 0.6 is 11.6 Å². The molecular weight excluding hydrogens is 174 g/mol. The molecule has 1 rings (SSSR count). The number of nitrogen functional groups attached to an aromatic ring is 1. The molecule has 1 aromatic heterocycles. The van der Waals surface area contributed by atoms with E-state index in [4.69, 9.17) is 17.3 Å². The summed E-state index contributed by atoms with van der Waals surface area (Å²) in [7, 11) is 0. The largest absolute Gasteiger partial charge is 0.368 e. The molecule has 66 valence electrons. The minimum atomic E-state index is -0.0891. The van der Waals surface area contributed by atoms with E-state index in [9.17, 15) is 0 Å². The molecule has 0 saturated carbocycles. The van der Waals surface area contributed by atoms with Gasteiger partial charge in [-0.1, -0.05) is 32.4 Å². The van der Waals surface area contributed by atoms with Crippen molar-refractivity contribution < 1.29 is 0 Å². The third-order valence-corrected chi connectivity index (χ3v) is 1.75. The van der Waals surface area contributed by atoms with Crippen molar-refractivity contribution in [2.75, 3.05) is 5.73 Å². The average Bonchev–Trinajstić information content (AvgIpc) is 1.92. The maximum absolute atomic E-state index is 5.90. The van der Waals surface area contributed by atoms with E-state index in [2.05, 4.69) is 9.97 Å². The van der Waals surface area contributed by atoms with Crippen molar-refractivity contribution in [1.82, 2.24) is 9.97 Å². The molecule has 0 aliphatic carbocycles. The summed E-state index contributed by atoms with van der Waals surface area (Å²) >= 11 is 5.90. The Morgan fingerprint density at radius 1 is 1.42 bits per heavy atom. The van der Waals surface area contributed by atoms with Crippen LogP contribution in [0.25, 0.3) is 0 Å². The van der Waals surface area contributed by atoms with Gasteiger partial charge >= 0.3 is 0 Å². The zero-order chi connectivity index (χ0) is 9.35. The van der Waals surface area contributed by atoms with Crippen LogP contribution in [0, 0.1) is 0 Å². The van der Waals surface area contributed by atoms with Gasteiger partial charge in [-0.2, -0.15) is 0 Å². The predicted octanol–water partition coefficient (Wildman–Crippen LogP) is 2.01. The van der Waals surface area contributed by atoms with Crippen LogP contribution in [0.4, 0.5) is 5.95 Å². The van der Waals surface area contributed by atoms with Crippen molar-refractivity contribution in [2.24, 2.45) is 0 Å². The summed E-state index contributed by atoms with van der Waals surface area (Å²) in [6.07, 6.45) is 1.53. The zero-order valence-electron chi connectivity index (χ0n) is 7.43. The first-order valence-electron chi connectivity index (χ1n) is 3.70. The molecule has 0 amide bonds. The maximum atomic E-state index is 5.90. The molecule has 0 atom stereocenters. The molecule has 0 spiro atoms. The Hall–Kier alpha value is -0.830. The summed E-state index contributed by atoms with van der Waals surface area (Å²) in [6, 6.07) is 0. The van der Waals surface area contributed by atoms with Crippen molar-refractivity contribution in [3.8, 4) is 0 Å². The summed E-state index contributed by atoms with van der Waals surface area (Å²) < 4.78 is 0. The number of rotatable bonds is 0. The lowest BCUT2D eigenvalue weighted by atomic mass is 9.92. The van der Waals surface area contributed by atoms with Crippen LogP contribution < -0.4 is 5.73 Å². The van der Waals surface area contributed by atoms with Gasteiger partial charge < -0.3 is 5.73 Å². The first-order chi connectivity index (χ1) is 5.41. The second-order valence-electron chi connectivity index (χ2n) is 3.67. The van der Waals surface area contributed by atoms with Gasteiger partial charge in [-0.15, -0.1) is 0 Å². The second kappa shape index (κ2) is 2.90. The molecule has 0 aliphatic rings. The van der Waals surface area contributed by atoms with Gasteiger partial charge in [0.2, 0.25) is 5.95 Å². The van der Waals surface area contributed by atoms with Crippen molar-refractivity contribution in [1.29, 1.82) is 0 Å². The Balaban J connectivity index is 3.23. The highest BCUT2D eigenvalue weighted by Crippen LogP contribution is 2.26. The summed E-state index contributed by atoms with van der Waals surface area (Å²) in [5.41, 5.74) is 6.14. The van der Waals surface area contributed by atoms with Crippen LogP contribution in [0.15, 0.2) is 6.20 Å². The summed E-state index contributed by atoms with van der Waals surface area (Å²) in [5, 5.41) is 0.566. The van der Waals surface area contributed by atoms with E-state index in [-0.39, 0.29) is 11.4 Å². The smallest absolute Gasteiger partial charge is 0.220 e. The van der Waals surface area contributed by atoms with Crippen LogP contribution in [0.1, 0.15) is 26.5 Å². The van der Waals surface area contributed by atoms with Crippen LogP contribution in [0.5, 0.6) is 0 Å². The van der Waals surface area contributed by atoms with E-state index in [0.717, 1.165) is 5.69 Å². The van der Waals surface area contributed by atoms with Crippen LogP contribution in [0.2, 0.25) is 5.02 Å². The van der Waals surface area contributed by atoms with E-state index >= 15 is 0 Å². The Labute approximate surface area is 77.0 Å². The van der Waals surface area contributed by atoms with Crippen LogP contribution in [-0.4, -0.2) is 9.97 Å². The molecule has 12 heavy (non-hydrogen) atoms. The molecule has 4 heteroatoms. The highest BCUT2D eigenvalue weighted by atomic mass is 35.5. The number of hydrogen-bond donors (Lipinski definition) is 1. The van der Waals surface area contributed by atoms with E-state index < -0.39 is 0 Å². The Morgan fingerprint density at radius 2 is 2.00 bits per heavy atom. The number of nitrogens with two attached hydrogens (primary N) is 1. The minimum Gasteiger partial charge on any atom is -0.368 e. The summed E-state index contributed by atoms with van der Waals surface area (Å²) in [6.45, 7) is 6.09. The Morgan fingerprint density at radius 3 is 2.42 bits per heavy atom. The van der Waals surface area contributed by atoms with Gasteiger partial charge in [0.15, 0.2) is 0 Å². The van der Waals surface area contributed by atoms with Crippen molar-refractivity contribution in [3.63, 3.8) is 0 Å². The predicted molar refractivity (Wildman–Crippen MR) is 50.2 cm³/mol. The van der Waals surface area contributed by atoms with E-state index in [0.29, 0.717) is 5.02 Å². The fourth-order valence-electron chi connectivity index (χ4n) is 0.907. The normalized spacial score (nSPS) is 11.7. The standard InChI is InChI=1S/C8H12ClN3/c1-8(2,3)6-5(9)4-11-7(10)12-6/h4H,1-3H3,(H2,10,11,12). The third kappa shape index (κ3) is 1.85. The average molecular weight is 186 g/mol. The third-order valence-electron chi connectivity index (χ3n) is 1.47. The van der Waals surface area contributed by atoms with Gasteiger partial charge in [0.25, 0.3) is 0 Å². The summed E-state index contributed by atoms with van der Waals surface area (Å²) in [4.78, 5) is 7.87. The molecule has 1 aromatic rings. The van der Waals surface area contributed by atoms with E-state index in [1.165, 1.54) is 6.20 Å². The highest BCUT2D eigenvalue weighted by Gasteiger charge is 2.19. The molecule has 3 nitrogen and oxygen atoms in total. The van der Waals surface area contributed by atoms with Gasteiger partial charge in [-0.3, -0.25) is 0 Å². The lowest BCUT2D eigenvalue weighted by Gasteiger charge is -2.18. The fourth-order valence-corrected chi connectivity index (χ4v) is 1.28. The van der Waals surface area contributed by atoms with Crippen molar-refractivity contribution in [3.05, 3.63) is 16.9 Å². The summed E-state index contributed by atoms with van der Waals surface area (Å²) in [5.74, 6) is 0.268. The Kier molecular flexibility index (Phi) is 2.24. The van der Waals surface area contributed by atoms with Crippen molar-refractivity contribution >= 4 is 17.5 Å². The lowest BCUT2D eigenvalue weighted by Crippen LogP contribution is -2.15. The quantitative estimate of drug-likeness (QED) is 0.673. The first kappa shape index (κ1) is 9.26. The van der Waals surface area contributed by atoms with Crippen LogP contribution in [0.3, 0.4) is 0 Å². The number of hydrogen-bond acceptors (Lipinski definition) is 3. The minimum absolute atomic E-state index is 0.0891.